The molecule has 0 radical (unpaired) electrons. The topological polar surface area (TPSA) is 29.1 Å². The fraction of sp³-hybridized carbons (Fsp3) is 0.125. The highest BCUT2D eigenvalue weighted by Crippen LogP contribution is 2.08. The summed E-state index contributed by atoms with van der Waals surface area (Å²) in [5, 5.41) is 4.81. The molecule has 0 aliphatic carbocycles. The molecule has 0 fully saturated rings. The summed E-state index contributed by atoms with van der Waals surface area (Å²) in [6.45, 7) is 2.76. The maximum absolute atomic E-state index is 12.0. The van der Waals surface area contributed by atoms with E-state index in [0.29, 0.717) is 0 Å². The molecule has 0 aromatic heterocycles. The van der Waals surface area contributed by atoms with E-state index in [1.165, 1.54) is 11.1 Å². The molecule has 2 aromatic carbocycles. The van der Waals surface area contributed by atoms with Gasteiger partial charge in [-0.3, -0.25) is 0 Å². The molecule has 2 nitrogen and oxygen atoms in total. The number of benzene rings is 2. The van der Waals surface area contributed by atoms with Crippen LogP contribution < -0.4 is 5.32 Å². The summed E-state index contributed by atoms with van der Waals surface area (Å²) in [5.41, 5.74) is 2.38. The Morgan fingerprint density at radius 3 is 2.42 bits per heavy atom. The minimum atomic E-state index is -1.09. The fourth-order valence-corrected chi connectivity index (χ4v) is 2.41. The van der Waals surface area contributed by atoms with Crippen molar-refractivity contribution in [3.05, 3.63) is 77.3 Å². The number of hydrogen-bond donors (Lipinski definition) is 1. The minimum Gasteiger partial charge on any atom is -0.386 e. The van der Waals surface area contributed by atoms with Crippen LogP contribution in [0.1, 0.15) is 11.1 Å². The van der Waals surface area contributed by atoms with Gasteiger partial charge in [0.15, 0.2) is 0 Å². The van der Waals surface area contributed by atoms with Crippen LogP contribution in [-0.4, -0.2) is 4.21 Å². The third-order valence-electron chi connectivity index (χ3n) is 2.71. The number of nitrogens with one attached hydrogen (secondary N) is 1. The predicted octanol–water partition coefficient (Wildman–Crippen LogP) is 3.36. The molecular formula is C16H17NOS. The van der Waals surface area contributed by atoms with Gasteiger partial charge in [-0.2, -0.15) is 0 Å². The molecule has 0 spiro atoms. The van der Waals surface area contributed by atoms with Gasteiger partial charge in [0.05, 0.1) is 10.8 Å². The zero-order valence-electron chi connectivity index (χ0n) is 10.9. The van der Waals surface area contributed by atoms with Crippen LogP contribution in [0, 0.1) is 6.92 Å². The summed E-state index contributed by atoms with van der Waals surface area (Å²) < 4.78 is 12.0. The van der Waals surface area contributed by atoms with Crippen LogP contribution in [0.25, 0.3) is 0 Å². The van der Waals surface area contributed by atoms with Crippen molar-refractivity contribution < 1.29 is 4.21 Å². The average molecular weight is 271 g/mol. The van der Waals surface area contributed by atoms with Crippen LogP contribution in [0.15, 0.2) is 71.1 Å². The van der Waals surface area contributed by atoms with Gasteiger partial charge < -0.3 is 5.32 Å². The highest BCUT2D eigenvalue weighted by Gasteiger charge is 1.98. The van der Waals surface area contributed by atoms with E-state index in [1.807, 2.05) is 49.4 Å². The van der Waals surface area contributed by atoms with Crippen LogP contribution in [0.2, 0.25) is 0 Å². The molecule has 0 saturated heterocycles. The van der Waals surface area contributed by atoms with E-state index in [4.69, 9.17) is 0 Å². The lowest BCUT2D eigenvalue weighted by atomic mass is 10.2. The quantitative estimate of drug-likeness (QED) is 0.903. The van der Waals surface area contributed by atoms with Crippen molar-refractivity contribution in [1.29, 1.82) is 0 Å². The molecule has 98 valence electrons. The van der Waals surface area contributed by atoms with Crippen molar-refractivity contribution in [1.82, 2.24) is 5.32 Å². The first-order chi connectivity index (χ1) is 9.25. The summed E-state index contributed by atoms with van der Waals surface area (Å²) in [5.74, 6) is 0. The van der Waals surface area contributed by atoms with Crippen molar-refractivity contribution in [3.63, 3.8) is 0 Å². The van der Waals surface area contributed by atoms with E-state index >= 15 is 0 Å². The smallest absolute Gasteiger partial charge is 0.0790 e. The van der Waals surface area contributed by atoms with E-state index < -0.39 is 10.8 Å². The molecule has 0 heterocycles. The lowest BCUT2D eigenvalue weighted by Crippen LogP contribution is -2.04. The normalized spacial score (nSPS) is 12.5. The van der Waals surface area contributed by atoms with Crippen molar-refractivity contribution >= 4 is 10.8 Å². The molecule has 0 saturated carbocycles. The van der Waals surface area contributed by atoms with Gasteiger partial charge in [0.2, 0.25) is 0 Å². The highest BCUT2D eigenvalue weighted by molar-refractivity contribution is 7.88. The first kappa shape index (κ1) is 13.6. The number of hydrogen-bond acceptors (Lipinski definition) is 2. The minimum absolute atomic E-state index is 0.739. The van der Waals surface area contributed by atoms with E-state index in [0.717, 1.165) is 11.4 Å². The molecule has 2 rings (SSSR count). The SMILES string of the molecule is Cc1ccc(S(=O)/C=C/NCc2ccccc2)cc1. The Morgan fingerprint density at radius 2 is 1.74 bits per heavy atom. The van der Waals surface area contributed by atoms with Crippen molar-refractivity contribution in [2.45, 2.75) is 18.4 Å². The molecule has 0 amide bonds. The van der Waals surface area contributed by atoms with E-state index in [1.54, 1.807) is 11.6 Å². The van der Waals surface area contributed by atoms with Crippen LogP contribution in [-0.2, 0) is 17.3 Å². The second kappa shape index (κ2) is 6.90. The van der Waals surface area contributed by atoms with Gasteiger partial charge >= 0.3 is 0 Å². The van der Waals surface area contributed by atoms with Crippen LogP contribution in [0.4, 0.5) is 0 Å². The Bertz CT molecular complexity index is 561. The second-order valence-corrected chi connectivity index (χ2v) is 5.62. The summed E-state index contributed by atoms with van der Waals surface area (Å²) in [7, 11) is -1.09. The van der Waals surface area contributed by atoms with Gasteiger partial charge in [0, 0.05) is 23.0 Å². The number of rotatable bonds is 5. The Hall–Kier alpha value is -1.87. The monoisotopic (exact) mass is 271 g/mol. The van der Waals surface area contributed by atoms with Gasteiger partial charge in [-0.1, -0.05) is 48.0 Å². The first-order valence-electron chi connectivity index (χ1n) is 6.17. The summed E-state index contributed by atoms with van der Waals surface area (Å²) in [6, 6.07) is 17.8. The molecular weight excluding hydrogens is 254 g/mol. The molecule has 1 unspecified atom stereocenters. The largest absolute Gasteiger partial charge is 0.386 e. The number of aryl methyl sites for hydroxylation is 1. The third kappa shape index (κ3) is 4.38. The molecule has 0 aliphatic heterocycles. The highest BCUT2D eigenvalue weighted by atomic mass is 32.2. The lowest BCUT2D eigenvalue weighted by molar-refractivity contribution is 0.688. The average Bonchev–Trinajstić information content (AvgIpc) is 2.45. The Balaban J connectivity index is 1.85. The van der Waals surface area contributed by atoms with Gasteiger partial charge in [-0.25, -0.2) is 4.21 Å². The van der Waals surface area contributed by atoms with E-state index in [-0.39, 0.29) is 0 Å². The van der Waals surface area contributed by atoms with Gasteiger partial charge in [0.1, 0.15) is 0 Å². The molecule has 1 atom stereocenters. The van der Waals surface area contributed by atoms with Gasteiger partial charge in [-0.05, 0) is 24.6 Å². The third-order valence-corrected chi connectivity index (χ3v) is 3.83. The Morgan fingerprint density at radius 1 is 1.05 bits per heavy atom. The molecule has 1 N–H and O–H groups in total. The summed E-state index contributed by atoms with van der Waals surface area (Å²) >= 11 is 0. The lowest BCUT2D eigenvalue weighted by Gasteiger charge is -2.01. The zero-order chi connectivity index (χ0) is 13.5. The van der Waals surface area contributed by atoms with Crippen LogP contribution >= 0.6 is 0 Å². The van der Waals surface area contributed by atoms with E-state index in [9.17, 15) is 4.21 Å². The molecule has 3 heteroatoms. The zero-order valence-corrected chi connectivity index (χ0v) is 11.7. The molecule has 19 heavy (non-hydrogen) atoms. The van der Waals surface area contributed by atoms with Gasteiger partial charge in [-0.15, -0.1) is 0 Å². The maximum atomic E-state index is 12.0. The summed E-state index contributed by atoms with van der Waals surface area (Å²) in [6.07, 6.45) is 1.75. The Labute approximate surface area is 116 Å². The van der Waals surface area contributed by atoms with Crippen LogP contribution in [0.3, 0.4) is 0 Å². The van der Waals surface area contributed by atoms with Crippen molar-refractivity contribution in [2.75, 3.05) is 0 Å². The Kier molecular flexibility index (Phi) is 4.93. The molecule has 2 aromatic rings. The van der Waals surface area contributed by atoms with Crippen LogP contribution in [0.5, 0.6) is 0 Å². The fourth-order valence-electron chi connectivity index (χ4n) is 1.63. The van der Waals surface area contributed by atoms with Crippen molar-refractivity contribution in [2.24, 2.45) is 0 Å². The predicted molar refractivity (Wildman–Crippen MR) is 80.0 cm³/mol. The molecule has 0 aliphatic rings. The van der Waals surface area contributed by atoms with E-state index in [2.05, 4.69) is 17.4 Å². The molecule has 0 bridgehead atoms. The maximum Gasteiger partial charge on any atom is 0.0790 e. The summed E-state index contributed by atoms with van der Waals surface area (Å²) in [4.78, 5) is 0.823. The second-order valence-electron chi connectivity index (χ2n) is 4.28. The van der Waals surface area contributed by atoms with Gasteiger partial charge in [0.25, 0.3) is 0 Å². The van der Waals surface area contributed by atoms with Crippen molar-refractivity contribution in [3.8, 4) is 0 Å². The first-order valence-corrected chi connectivity index (χ1v) is 7.38. The standard InChI is InChI=1S/C16H17NOS/c1-14-7-9-16(10-8-14)19(18)12-11-17-13-15-5-3-2-4-6-15/h2-12,17H,13H2,1H3/b12-11+.